The van der Waals surface area contributed by atoms with E-state index in [-0.39, 0.29) is 12.1 Å². The minimum Gasteiger partial charge on any atom is -0.465 e. The molecule has 66 valence electrons. The lowest BCUT2D eigenvalue weighted by Gasteiger charge is -2.14. The highest BCUT2D eigenvalue weighted by Gasteiger charge is 2.25. The van der Waals surface area contributed by atoms with Crippen LogP contribution in [0.3, 0.4) is 0 Å². The van der Waals surface area contributed by atoms with E-state index < -0.39 is 0 Å². The summed E-state index contributed by atoms with van der Waals surface area (Å²) in [6.45, 7) is 0. The third kappa shape index (κ3) is 1.59. The Hall–Kier alpha value is -0.610. The minimum absolute atomic E-state index is 0.191. The van der Waals surface area contributed by atoms with Crippen molar-refractivity contribution in [1.29, 1.82) is 0 Å². The van der Waals surface area contributed by atoms with Gasteiger partial charge >= 0.3 is 0 Å². The second-order valence-corrected chi connectivity index (χ2v) is 3.91. The Morgan fingerprint density at radius 1 is 1.58 bits per heavy atom. The largest absolute Gasteiger partial charge is 0.465 e. The molecule has 1 aromatic heterocycles. The molecular weight excluding hydrogens is 172 g/mol. The lowest BCUT2D eigenvalue weighted by molar-refractivity contribution is 0.191. The van der Waals surface area contributed by atoms with Gasteiger partial charge in [0.05, 0.1) is 0 Å². The van der Waals surface area contributed by atoms with Gasteiger partial charge in [-0.2, -0.15) is 0 Å². The van der Waals surface area contributed by atoms with Crippen molar-refractivity contribution >= 4 is 11.3 Å². The Morgan fingerprint density at radius 2 is 2.50 bits per heavy atom. The van der Waals surface area contributed by atoms with E-state index in [1.807, 2.05) is 5.38 Å². The summed E-state index contributed by atoms with van der Waals surface area (Å²) in [5, 5.41) is 2.66. The lowest BCUT2D eigenvalue weighted by Crippen LogP contribution is -2.33. The van der Waals surface area contributed by atoms with Crippen LogP contribution in [0.2, 0.25) is 0 Å². The first kappa shape index (κ1) is 8.01. The smallest absolute Gasteiger partial charge is 0.273 e. The third-order valence-corrected chi connectivity index (χ3v) is 2.83. The molecule has 0 bridgehead atoms. The van der Waals surface area contributed by atoms with Gasteiger partial charge in [0.25, 0.3) is 5.19 Å². The summed E-state index contributed by atoms with van der Waals surface area (Å²) in [7, 11) is 0. The predicted molar refractivity (Wildman–Crippen MR) is 48.4 cm³/mol. The topological polar surface area (TPSA) is 48.1 Å². The maximum Gasteiger partial charge on any atom is 0.273 e. The summed E-state index contributed by atoms with van der Waals surface area (Å²) in [5.74, 6) is 0. The normalized spacial score (nSPS) is 29.1. The standard InChI is InChI=1S/C8H12N2OS/c9-6-2-1-3-7(6)11-8-10-4-5-12-8/h4-7H,1-3,9H2/t6-,7-/m1/s1. The molecule has 12 heavy (non-hydrogen) atoms. The van der Waals surface area contributed by atoms with Crippen LogP contribution < -0.4 is 10.5 Å². The van der Waals surface area contributed by atoms with Crippen molar-refractivity contribution in [2.45, 2.75) is 31.4 Å². The van der Waals surface area contributed by atoms with Crippen LogP contribution in [0.4, 0.5) is 0 Å². The fraction of sp³-hybridized carbons (Fsp3) is 0.625. The van der Waals surface area contributed by atoms with Gasteiger partial charge in [0.15, 0.2) is 0 Å². The number of thiazole rings is 1. The van der Waals surface area contributed by atoms with Gasteiger partial charge in [-0.1, -0.05) is 11.3 Å². The van der Waals surface area contributed by atoms with E-state index in [1.54, 1.807) is 6.20 Å². The lowest BCUT2D eigenvalue weighted by atomic mass is 10.2. The molecule has 0 aliphatic heterocycles. The Balaban J connectivity index is 1.95. The molecule has 2 N–H and O–H groups in total. The van der Waals surface area contributed by atoms with Crippen LogP contribution in [0.25, 0.3) is 0 Å². The van der Waals surface area contributed by atoms with E-state index in [9.17, 15) is 0 Å². The second kappa shape index (κ2) is 3.41. The van der Waals surface area contributed by atoms with Crippen molar-refractivity contribution in [1.82, 2.24) is 4.98 Å². The van der Waals surface area contributed by atoms with E-state index in [1.165, 1.54) is 17.8 Å². The molecule has 0 radical (unpaired) electrons. The van der Waals surface area contributed by atoms with Crippen LogP contribution >= 0.6 is 11.3 Å². The van der Waals surface area contributed by atoms with Crippen LogP contribution in [-0.4, -0.2) is 17.1 Å². The van der Waals surface area contributed by atoms with E-state index >= 15 is 0 Å². The summed E-state index contributed by atoms with van der Waals surface area (Å²) in [6, 6.07) is 0.203. The molecule has 1 aliphatic rings. The van der Waals surface area contributed by atoms with E-state index in [2.05, 4.69) is 4.98 Å². The van der Waals surface area contributed by atoms with E-state index in [4.69, 9.17) is 10.5 Å². The van der Waals surface area contributed by atoms with Gasteiger partial charge < -0.3 is 10.5 Å². The second-order valence-electron chi connectivity index (χ2n) is 3.05. The van der Waals surface area contributed by atoms with Gasteiger partial charge in [0, 0.05) is 17.6 Å². The molecule has 2 rings (SSSR count). The zero-order valence-corrected chi connectivity index (χ0v) is 7.59. The summed E-state index contributed by atoms with van der Waals surface area (Å²) in [4.78, 5) is 4.05. The summed E-state index contributed by atoms with van der Waals surface area (Å²) in [5.41, 5.74) is 5.85. The van der Waals surface area contributed by atoms with Crippen molar-refractivity contribution in [3.8, 4) is 5.19 Å². The number of nitrogens with zero attached hydrogens (tertiary/aromatic N) is 1. The molecule has 0 aromatic carbocycles. The molecule has 0 spiro atoms. The first-order chi connectivity index (χ1) is 5.86. The molecule has 1 aromatic rings. The summed E-state index contributed by atoms with van der Waals surface area (Å²) in [6.07, 6.45) is 5.27. The molecule has 1 heterocycles. The SMILES string of the molecule is N[C@@H]1CCC[C@H]1Oc1nccs1. The first-order valence-corrected chi connectivity index (χ1v) is 5.06. The Morgan fingerprint density at radius 3 is 3.08 bits per heavy atom. The maximum absolute atomic E-state index is 5.85. The van der Waals surface area contributed by atoms with Gasteiger partial charge in [-0.15, -0.1) is 0 Å². The molecule has 0 amide bonds. The number of aromatic nitrogens is 1. The highest BCUT2D eigenvalue weighted by Crippen LogP contribution is 2.24. The molecule has 2 atom stereocenters. The van der Waals surface area contributed by atoms with Gasteiger partial charge in [0.2, 0.25) is 0 Å². The Kier molecular flexibility index (Phi) is 2.28. The van der Waals surface area contributed by atoms with Crippen LogP contribution in [0.15, 0.2) is 11.6 Å². The number of rotatable bonds is 2. The molecule has 0 unspecified atom stereocenters. The minimum atomic E-state index is 0.191. The van der Waals surface area contributed by atoms with Crippen molar-refractivity contribution in [2.75, 3.05) is 0 Å². The van der Waals surface area contributed by atoms with Crippen LogP contribution in [-0.2, 0) is 0 Å². The maximum atomic E-state index is 5.85. The van der Waals surface area contributed by atoms with Crippen molar-refractivity contribution in [3.63, 3.8) is 0 Å². The van der Waals surface area contributed by atoms with E-state index in [0.717, 1.165) is 18.0 Å². The zero-order chi connectivity index (χ0) is 8.39. The van der Waals surface area contributed by atoms with Gasteiger partial charge in [-0.05, 0) is 19.3 Å². The van der Waals surface area contributed by atoms with Crippen LogP contribution in [0.1, 0.15) is 19.3 Å². The Bertz CT molecular complexity index is 237. The molecule has 3 nitrogen and oxygen atoms in total. The van der Waals surface area contributed by atoms with Gasteiger partial charge in [0.1, 0.15) is 6.10 Å². The van der Waals surface area contributed by atoms with Crippen molar-refractivity contribution in [3.05, 3.63) is 11.6 Å². The third-order valence-electron chi connectivity index (χ3n) is 2.17. The molecule has 4 heteroatoms. The molecule has 0 saturated heterocycles. The van der Waals surface area contributed by atoms with Crippen molar-refractivity contribution < 1.29 is 4.74 Å². The zero-order valence-electron chi connectivity index (χ0n) is 6.77. The number of ether oxygens (including phenoxy) is 1. The highest BCUT2D eigenvalue weighted by molar-refractivity contribution is 7.11. The van der Waals surface area contributed by atoms with Crippen molar-refractivity contribution in [2.24, 2.45) is 5.73 Å². The van der Waals surface area contributed by atoms with Gasteiger partial charge in [-0.25, -0.2) is 4.98 Å². The number of hydrogen-bond acceptors (Lipinski definition) is 4. The average molecular weight is 184 g/mol. The fourth-order valence-electron chi connectivity index (χ4n) is 1.50. The summed E-state index contributed by atoms with van der Waals surface area (Å²) >= 11 is 1.52. The Labute approximate surface area is 75.6 Å². The number of nitrogens with two attached hydrogens (primary N) is 1. The molecular formula is C8H12N2OS. The summed E-state index contributed by atoms with van der Waals surface area (Å²) < 4.78 is 5.61. The van der Waals surface area contributed by atoms with Crippen LogP contribution in [0, 0.1) is 0 Å². The highest BCUT2D eigenvalue weighted by atomic mass is 32.1. The fourth-order valence-corrected chi connectivity index (χ4v) is 2.04. The molecule has 1 aliphatic carbocycles. The van der Waals surface area contributed by atoms with Gasteiger partial charge in [-0.3, -0.25) is 0 Å². The average Bonchev–Trinajstić information content (AvgIpc) is 2.65. The molecule has 1 fully saturated rings. The molecule has 1 saturated carbocycles. The van der Waals surface area contributed by atoms with Crippen LogP contribution in [0.5, 0.6) is 5.19 Å². The van der Waals surface area contributed by atoms with E-state index in [0.29, 0.717) is 0 Å². The monoisotopic (exact) mass is 184 g/mol. The predicted octanol–water partition coefficient (Wildman–Crippen LogP) is 1.40. The quantitative estimate of drug-likeness (QED) is 0.755. The number of hydrogen-bond donors (Lipinski definition) is 1. The first-order valence-electron chi connectivity index (χ1n) is 4.18.